The Labute approximate surface area is 332 Å². The Kier molecular flexibility index (Phi) is 27.8. The normalized spacial score (nSPS) is 21.8. The number of hydrogen-bond donors (Lipinski definition) is 7. The van der Waals surface area contributed by atoms with E-state index in [0.717, 1.165) is 44.9 Å². The summed E-state index contributed by atoms with van der Waals surface area (Å²) in [6.45, 7) is 3.50. The highest BCUT2D eigenvalue weighted by Crippen LogP contribution is 2.44. The second kappa shape index (κ2) is 29.7. The molecule has 1 unspecified atom stereocenters. The van der Waals surface area contributed by atoms with Crippen molar-refractivity contribution in [3.63, 3.8) is 0 Å². The molecule has 1 aliphatic carbocycles. The highest BCUT2D eigenvalue weighted by atomic mass is 31.2. The van der Waals surface area contributed by atoms with Crippen LogP contribution in [0.4, 0.5) is 0 Å². The zero-order chi connectivity index (χ0) is 42.0. The first-order valence-corrected chi connectivity index (χ1v) is 23.2. The third-order valence-corrected chi connectivity index (χ3v) is 10.8. The van der Waals surface area contributed by atoms with Crippen molar-refractivity contribution in [2.75, 3.05) is 26.4 Å². The molecule has 1 fully saturated rings. The molecule has 1 rings (SSSR count). The lowest BCUT2D eigenvalue weighted by Crippen LogP contribution is -2.29. The Morgan fingerprint density at radius 1 is 0.750 bits per heavy atom. The van der Waals surface area contributed by atoms with E-state index in [-0.39, 0.29) is 31.1 Å². The van der Waals surface area contributed by atoms with Crippen LogP contribution in [-0.4, -0.2) is 104 Å². The number of carbonyl (C=O) groups excluding carboxylic acids is 2. The summed E-state index contributed by atoms with van der Waals surface area (Å²) in [6, 6.07) is 0. The van der Waals surface area contributed by atoms with Gasteiger partial charge in [-0.1, -0.05) is 116 Å². The number of rotatable bonds is 33. The third kappa shape index (κ3) is 27.2. The van der Waals surface area contributed by atoms with Gasteiger partial charge in [0.1, 0.15) is 12.7 Å². The SMILES string of the molecule is CCCCC[C@@H](O)/C=C/[C@@H]1[C@H](C/C=C\CC(=O)OC[C@H](COP(=O)(O)OC[C@@H](O)COP(=O)(O)O)OC(=O)CCCCCCCCCCC(C)C)[C@@H](O)C[C@H]1O. The van der Waals surface area contributed by atoms with E-state index in [1.165, 1.54) is 25.7 Å². The van der Waals surface area contributed by atoms with E-state index in [0.29, 0.717) is 25.2 Å². The molecule has 0 aromatic rings. The minimum absolute atomic E-state index is 0.0658. The number of aliphatic hydroxyl groups is 4. The zero-order valence-electron chi connectivity index (χ0n) is 33.5. The summed E-state index contributed by atoms with van der Waals surface area (Å²) in [4.78, 5) is 52.8. The van der Waals surface area contributed by atoms with Gasteiger partial charge in [0.25, 0.3) is 0 Å². The largest absolute Gasteiger partial charge is 0.472 e. The van der Waals surface area contributed by atoms with Gasteiger partial charge in [-0.2, -0.15) is 0 Å². The Morgan fingerprint density at radius 2 is 1.36 bits per heavy atom. The van der Waals surface area contributed by atoms with E-state index in [1.54, 1.807) is 24.3 Å². The fourth-order valence-electron chi connectivity index (χ4n) is 6.21. The van der Waals surface area contributed by atoms with Crippen molar-refractivity contribution in [2.24, 2.45) is 17.8 Å². The van der Waals surface area contributed by atoms with E-state index < -0.39 is 84.5 Å². The first-order chi connectivity index (χ1) is 26.4. The van der Waals surface area contributed by atoms with Crippen molar-refractivity contribution in [3.05, 3.63) is 24.3 Å². The summed E-state index contributed by atoms with van der Waals surface area (Å²) >= 11 is 0. The standard InChI is InChI=1S/C38H70O16P2/c1-4-5-12-18-30(39)22-23-34-33(35(41)24-36(34)42)19-15-16-20-37(43)50-27-32(28-53-56(48,49)52-26-31(40)25-51-55(45,46)47)54-38(44)21-14-11-9-7-6-8-10-13-17-29(2)3/h15-16,22-23,29-36,39-42H,4-14,17-21,24-28H2,1-3H3,(H,48,49)(H2,45,46,47)/b16-15-,23-22+/t30-,31+,32-,33+,34-,35+,36-/m1/s1. The van der Waals surface area contributed by atoms with Crippen LogP contribution in [0.5, 0.6) is 0 Å². The molecule has 0 aromatic heterocycles. The quantitative estimate of drug-likeness (QED) is 0.0178. The highest BCUT2D eigenvalue weighted by Gasteiger charge is 2.39. The maximum Gasteiger partial charge on any atom is 0.472 e. The fraction of sp³-hybridized carbons (Fsp3) is 0.842. The molecule has 0 amide bonds. The predicted molar refractivity (Wildman–Crippen MR) is 209 cm³/mol. The summed E-state index contributed by atoms with van der Waals surface area (Å²) in [5, 5.41) is 41.0. The predicted octanol–water partition coefficient (Wildman–Crippen LogP) is 5.79. The summed E-state index contributed by atoms with van der Waals surface area (Å²) in [5.74, 6) is -1.32. The molecule has 0 spiro atoms. The molecule has 0 heterocycles. The van der Waals surface area contributed by atoms with Crippen LogP contribution in [0.25, 0.3) is 0 Å². The molecular formula is C38H70O16P2. The summed E-state index contributed by atoms with van der Waals surface area (Å²) in [6.07, 6.45) is 14.9. The Bertz CT molecular complexity index is 1220. The lowest BCUT2D eigenvalue weighted by Gasteiger charge is -2.20. The number of allylic oxidation sites excluding steroid dienone is 1. The molecule has 16 nitrogen and oxygen atoms in total. The summed E-state index contributed by atoms with van der Waals surface area (Å²) < 4.78 is 47.6. The van der Waals surface area contributed by atoms with Gasteiger partial charge in [0, 0.05) is 18.8 Å². The van der Waals surface area contributed by atoms with Gasteiger partial charge in [0.2, 0.25) is 0 Å². The van der Waals surface area contributed by atoms with Gasteiger partial charge < -0.3 is 44.6 Å². The minimum atomic E-state index is -4.90. The van der Waals surface area contributed by atoms with Crippen LogP contribution in [0.1, 0.15) is 130 Å². The summed E-state index contributed by atoms with van der Waals surface area (Å²) in [5.41, 5.74) is 0. The van der Waals surface area contributed by atoms with Crippen molar-refractivity contribution < 1.29 is 76.9 Å². The van der Waals surface area contributed by atoms with E-state index in [4.69, 9.17) is 23.8 Å². The fourth-order valence-corrected chi connectivity index (χ4v) is 7.37. The molecule has 0 aliphatic heterocycles. The average Bonchev–Trinajstić information content (AvgIpc) is 3.39. The molecule has 8 atom stereocenters. The van der Waals surface area contributed by atoms with E-state index >= 15 is 0 Å². The number of phosphoric ester groups is 2. The van der Waals surface area contributed by atoms with Gasteiger partial charge in [-0.05, 0) is 31.1 Å². The lowest BCUT2D eigenvalue weighted by molar-refractivity contribution is -0.160. The number of esters is 2. The maximum atomic E-state index is 12.6. The van der Waals surface area contributed by atoms with E-state index in [9.17, 15) is 44.0 Å². The van der Waals surface area contributed by atoms with Crippen LogP contribution < -0.4 is 0 Å². The monoisotopic (exact) mass is 844 g/mol. The maximum absolute atomic E-state index is 12.6. The van der Waals surface area contributed by atoms with Crippen molar-refractivity contribution in [3.8, 4) is 0 Å². The molecule has 56 heavy (non-hydrogen) atoms. The smallest absolute Gasteiger partial charge is 0.461 e. The van der Waals surface area contributed by atoms with Gasteiger partial charge in [-0.15, -0.1) is 0 Å². The molecule has 7 N–H and O–H groups in total. The van der Waals surface area contributed by atoms with Crippen molar-refractivity contribution >= 4 is 27.6 Å². The van der Waals surface area contributed by atoms with Gasteiger partial charge in [0.05, 0.1) is 44.6 Å². The molecule has 0 bridgehead atoms. The average molecular weight is 845 g/mol. The highest BCUT2D eigenvalue weighted by molar-refractivity contribution is 7.47. The van der Waals surface area contributed by atoms with Gasteiger partial charge in [-0.25, -0.2) is 9.13 Å². The molecular weight excluding hydrogens is 774 g/mol. The van der Waals surface area contributed by atoms with Crippen LogP contribution in [0.15, 0.2) is 24.3 Å². The van der Waals surface area contributed by atoms with Crippen molar-refractivity contribution in [1.29, 1.82) is 0 Å². The number of phosphoric acid groups is 2. The van der Waals surface area contributed by atoms with E-state index in [2.05, 4.69) is 29.8 Å². The molecule has 328 valence electrons. The number of hydrogen-bond acceptors (Lipinski definition) is 13. The van der Waals surface area contributed by atoms with Crippen LogP contribution in [0.3, 0.4) is 0 Å². The van der Waals surface area contributed by atoms with Crippen molar-refractivity contribution in [2.45, 2.75) is 160 Å². The van der Waals surface area contributed by atoms with Gasteiger partial charge >= 0.3 is 27.6 Å². The van der Waals surface area contributed by atoms with Crippen LogP contribution in [0, 0.1) is 17.8 Å². The Morgan fingerprint density at radius 3 is 2.00 bits per heavy atom. The lowest BCUT2D eigenvalue weighted by atomic mass is 9.89. The summed E-state index contributed by atoms with van der Waals surface area (Å²) in [7, 11) is -9.77. The van der Waals surface area contributed by atoms with Crippen LogP contribution in [-0.2, 0) is 41.8 Å². The van der Waals surface area contributed by atoms with Gasteiger partial charge in [-0.3, -0.25) is 23.2 Å². The van der Waals surface area contributed by atoms with E-state index in [1.807, 2.05) is 0 Å². The molecule has 0 radical (unpaired) electrons. The Hall–Kier alpha value is -1.52. The van der Waals surface area contributed by atoms with Gasteiger partial charge in [0.15, 0.2) is 6.10 Å². The molecule has 1 saturated carbocycles. The number of carbonyl (C=O) groups is 2. The second-order valence-electron chi connectivity index (χ2n) is 15.0. The second-order valence-corrected chi connectivity index (χ2v) is 17.7. The zero-order valence-corrected chi connectivity index (χ0v) is 35.3. The molecule has 0 saturated heterocycles. The number of ether oxygens (including phenoxy) is 2. The number of unbranched alkanes of at least 4 members (excludes halogenated alkanes) is 9. The first kappa shape index (κ1) is 52.5. The third-order valence-electron chi connectivity index (χ3n) is 9.36. The first-order valence-electron chi connectivity index (χ1n) is 20.1. The van der Waals surface area contributed by atoms with Crippen molar-refractivity contribution in [1.82, 2.24) is 0 Å². The molecule has 1 aliphatic rings. The minimum Gasteiger partial charge on any atom is -0.461 e. The topological polar surface area (TPSA) is 256 Å². The van der Waals surface area contributed by atoms with Crippen LogP contribution >= 0.6 is 15.6 Å². The molecule has 18 heteroatoms. The molecule has 0 aromatic carbocycles. The Balaban J connectivity index is 2.67. The van der Waals surface area contributed by atoms with Crippen LogP contribution in [0.2, 0.25) is 0 Å². The number of aliphatic hydroxyl groups excluding tert-OH is 4.